The molecule has 0 saturated carbocycles. The number of halogens is 3. The summed E-state index contributed by atoms with van der Waals surface area (Å²) in [6, 6.07) is -0.178. The third kappa shape index (κ3) is 3.81. The third-order valence-corrected chi connectivity index (χ3v) is 3.46. The number of aryl methyl sites for hydroxylation is 2. The lowest BCUT2D eigenvalue weighted by Gasteiger charge is -2.14. The van der Waals surface area contributed by atoms with Crippen LogP contribution in [-0.2, 0) is 22.1 Å². The quantitative estimate of drug-likeness (QED) is 0.887. The van der Waals surface area contributed by atoms with Gasteiger partial charge in [-0.05, 0) is 20.8 Å². The molecule has 0 bridgehead atoms. The molecule has 2 heterocycles. The Morgan fingerprint density at radius 1 is 1.33 bits per heavy atom. The molecule has 7 nitrogen and oxygen atoms in total. The molecule has 0 spiro atoms. The summed E-state index contributed by atoms with van der Waals surface area (Å²) < 4.78 is 44.2. The highest BCUT2D eigenvalue weighted by molar-refractivity contribution is 5.79. The number of alkyl halides is 3. The Bertz CT molecular complexity index is 757. The fourth-order valence-corrected chi connectivity index (χ4v) is 2.36. The van der Waals surface area contributed by atoms with Crippen molar-refractivity contribution in [2.24, 2.45) is 0 Å². The van der Waals surface area contributed by atoms with E-state index < -0.39 is 12.0 Å². The number of carbonyl (C=O) groups is 1. The number of nitrogens with one attached hydrogen (secondary N) is 1. The van der Waals surface area contributed by atoms with Crippen molar-refractivity contribution in [1.82, 2.24) is 24.9 Å². The Hall–Kier alpha value is -2.23. The van der Waals surface area contributed by atoms with Gasteiger partial charge < -0.3 is 10.1 Å². The van der Waals surface area contributed by atoms with Crippen molar-refractivity contribution in [2.45, 2.75) is 39.4 Å². The zero-order chi connectivity index (χ0) is 18.1. The van der Waals surface area contributed by atoms with Gasteiger partial charge in [0.25, 0.3) is 11.6 Å². The zero-order valence-electron chi connectivity index (χ0n) is 13.7. The van der Waals surface area contributed by atoms with Crippen LogP contribution in [0.25, 0.3) is 5.78 Å². The third-order valence-electron chi connectivity index (χ3n) is 3.46. The van der Waals surface area contributed by atoms with Crippen LogP contribution in [0.1, 0.15) is 29.7 Å². The fraction of sp³-hybridized carbons (Fsp3) is 0.571. The number of hydrogen-bond donors (Lipinski definition) is 1. The lowest BCUT2D eigenvalue weighted by Crippen LogP contribution is -2.36. The summed E-state index contributed by atoms with van der Waals surface area (Å²) in [6.45, 7) is 5.35. The second-order valence-corrected chi connectivity index (χ2v) is 5.51. The molecular formula is C14H18F3N5O2. The molecule has 0 aliphatic carbocycles. The van der Waals surface area contributed by atoms with Gasteiger partial charge in [-0.2, -0.15) is 18.2 Å². The van der Waals surface area contributed by atoms with Crippen molar-refractivity contribution in [3.63, 3.8) is 0 Å². The molecule has 10 heteroatoms. The first-order chi connectivity index (χ1) is 11.1. The van der Waals surface area contributed by atoms with E-state index in [4.69, 9.17) is 4.74 Å². The summed E-state index contributed by atoms with van der Waals surface area (Å²) >= 11 is 0. The Labute approximate surface area is 136 Å². The topological polar surface area (TPSA) is 81.4 Å². The summed E-state index contributed by atoms with van der Waals surface area (Å²) in [6.07, 6.45) is -4.67. The van der Waals surface area contributed by atoms with E-state index in [2.05, 4.69) is 20.4 Å². The van der Waals surface area contributed by atoms with Gasteiger partial charge in [0.1, 0.15) is 0 Å². The van der Waals surface area contributed by atoms with E-state index in [0.29, 0.717) is 23.6 Å². The van der Waals surface area contributed by atoms with E-state index in [0.717, 1.165) is 4.52 Å². The van der Waals surface area contributed by atoms with Crippen molar-refractivity contribution in [2.75, 3.05) is 13.7 Å². The van der Waals surface area contributed by atoms with Gasteiger partial charge >= 0.3 is 6.18 Å². The number of rotatable bonds is 5. The summed E-state index contributed by atoms with van der Waals surface area (Å²) in [7, 11) is 1.53. The zero-order valence-corrected chi connectivity index (χ0v) is 13.7. The average molecular weight is 345 g/mol. The Morgan fingerprint density at radius 2 is 2.00 bits per heavy atom. The van der Waals surface area contributed by atoms with Crippen LogP contribution in [0.2, 0.25) is 0 Å². The van der Waals surface area contributed by atoms with Crippen molar-refractivity contribution in [1.29, 1.82) is 0 Å². The molecule has 0 saturated heterocycles. The predicted octanol–water partition coefficient (Wildman–Crippen LogP) is 1.45. The summed E-state index contributed by atoms with van der Waals surface area (Å²) in [5, 5.41) is 6.19. The van der Waals surface area contributed by atoms with Crippen molar-refractivity contribution in [3.05, 3.63) is 22.8 Å². The van der Waals surface area contributed by atoms with Gasteiger partial charge in [-0.25, -0.2) is 9.50 Å². The van der Waals surface area contributed by atoms with E-state index >= 15 is 0 Å². The molecule has 1 N–H and O–H groups in total. The molecule has 0 aliphatic heterocycles. The average Bonchev–Trinajstić information content (AvgIpc) is 2.87. The number of ether oxygens (including phenoxy) is 1. The molecule has 2 rings (SSSR count). The number of methoxy groups -OCH3 is 1. The summed E-state index contributed by atoms with van der Waals surface area (Å²) in [4.78, 5) is 19.5. The van der Waals surface area contributed by atoms with E-state index in [1.54, 1.807) is 20.8 Å². The van der Waals surface area contributed by atoms with Crippen LogP contribution in [0.4, 0.5) is 13.2 Å². The minimum absolute atomic E-state index is 0.0180. The molecule has 0 aromatic carbocycles. The van der Waals surface area contributed by atoms with E-state index in [1.807, 2.05) is 0 Å². The van der Waals surface area contributed by atoms with E-state index in [-0.39, 0.29) is 24.1 Å². The van der Waals surface area contributed by atoms with E-state index in [9.17, 15) is 18.0 Å². The van der Waals surface area contributed by atoms with Crippen LogP contribution in [0.15, 0.2) is 0 Å². The molecule has 2 aromatic rings. The van der Waals surface area contributed by atoms with Gasteiger partial charge in [-0.3, -0.25) is 4.79 Å². The highest BCUT2D eigenvalue weighted by atomic mass is 19.4. The first kappa shape index (κ1) is 18.1. The molecule has 0 fully saturated rings. The lowest BCUT2D eigenvalue weighted by atomic mass is 10.1. The summed E-state index contributed by atoms with van der Waals surface area (Å²) in [5.74, 6) is -1.68. The van der Waals surface area contributed by atoms with Gasteiger partial charge in [-0.1, -0.05) is 0 Å². The van der Waals surface area contributed by atoms with Gasteiger partial charge in [0.15, 0.2) is 0 Å². The maximum atomic E-state index is 12.7. The normalized spacial score (nSPS) is 13.3. The number of fused-ring (bicyclic) bond motifs is 1. The van der Waals surface area contributed by atoms with Gasteiger partial charge in [-0.15, -0.1) is 5.10 Å². The first-order valence-electron chi connectivity index (χ1n) is 7.21. The molecule has 1 atom stereocenters. The van der Waals surface area contributed by atoms with Crippen LogP contribution >= 0.6 is 0 Å². The van der Waals surface area contributed by atoms with Crippen LogP contribution in [0.3, 0.4) is 0 Å². The standard InChI is InChI=1S/C14H18F3N5O2/c1-7(6-24-4)18-11(23)5-10-8(2)19-13-20-12(14(15,16)17)21-22(13)9(10)3/h7H,5-6H2,1-4H3,(H,18,23)/t7-/m1/s1. The lowest BCUT2D eigenvalue weighted by molar-refractivity contribution is -0.144. The van der Waals surface area contributed by atoms with Crippen LogP contribution < -0.4 is 5.32 Å². The van der Waals surface area contributed by atoms with Crippen molar-refractivity contribution >= 4 is 11.7 Å². The molecule has 132 valence electrons. The number of nitrogens with zero attached hydrogens (tertiary/aromatic N) is 4. The maximum Gasteiger partial charge on any atom is 0.453 e. The van der Waals surface area contributed by atoms with Crippen LogP contribution in [-0.4, -0.2) is 45.2 Å². The fourth-order valence-electron chi connectivity index (χ4n) is 2.36. The molecule has 24 heavy (non-hydrogen) atoms. The Balaban J connectivity index is 2.32. The minimum Gasteiger partial charge on any atom is -0.383 e. The van der Waals surface area contributed by atoms with Gasteiger partial charge in [0.2, 0.25) is 5.91 Å². The first-order valence-corrected chi connectivity index (χ1v) is 7.21. The molecule has 0 aliphatic rings. The second-order valence-electron chi connectivity index (χ2n) is 5.51. The molecule has 1 amide bonds. The molecule has 0 unspecified atom stereocenters. The highest BCUT2D eigenvalue weighted by Crippen LogP contribution is 2.27. The van der Waals surface area contributed by atoms with Crippen molar-refractivity contribution < 1.29 is 22.7 Å². The Kier molecular flexibility index (Phi) is 5.07. The van der Waals surface area contributed by atoms with E-state index in [1.165, 1.54) is 7.11 Å². The monoisotopic (exact) mass is 345 g/mol. The number of carbonyl (C=O) groups excluding carboxylic acids is 1. The molecule has 2 aromatic heterocycles. The highest BCUT2D eigenvalue weighted by Gasteiger charge is 2.37. The Morgan fingerprint density at radius 3 is 2.58 bits per heavy atom. The number of amides is 1. The summed E-state index contributed by atoms with van der Waals surface area (Å²) in [5.41, 5.74) is 1.36. The molecular weight excluding hydrogens is 327 g/mol. The SMILES string of the molecule is COC[C@@H](C)NC(=O)Cc1c(C)nc2nc(C(F)(F)F)nn2c1C. The maximum absolute atomic E-state index is 12.7. The number of aromatic nitrogens is 4. The van der Waals surface area contributed by atoms with Crippen LogP contribution in [0.5, 0.6) is 0 Å². The molecule has 0 radical (unpaired) electrons. The largest absolute Gasteiger partial charge is 0.453 e. The smallest absolute Gasteiger partial charge is 0.383 e. The van der Waals surface area contributed by atoms with Crippen molar-refractivity contribution in [3.8, 4) is 0 Å². The minimum atomic E-state index is -4.65. The second kappa shape index (κ2) is 6.71. The van der Waals surface area contributed by atoms with Gasteiger partial charge in [0.05, 0.1) is 13.0 Å². The number of hydrogen-bond acceptors (Lipinski definition) is 5. The van der Waals surface area contributed by atoms with Crippen LogP contribution in [0, 0.1) is 13.8 Å². The predicted molar refractivity (Wildman–Crippen MR) is 78.4 cm³/mol. The van der Waals surface area contributed by atoms with Gasteiger partial charge in [0, 0.05) is 30.1 Å².